The van der Waals surface area contributed by atoms with Crippen molar-refractivity contribution >= 4 is 16.7 Å². The van der Waals surface area contributed by atoms with Crippen LogP contribution in [0.4, 0.5) is 4.39 Å². The van der Waals surface area contributed by atoms with E-state index in [4.69, 9.17) is 4.74 Å². The quantitative estimate of drug-likeness (QED) is 0.607. The van der Waals surface area contributed by atoms with Gasteiger partial charge in [0, 0.05) is 44.1 Å². The van der Waals surface area contributed by atoms with Gasteiger partial charge in [-0.1, -0.05) is 24.3 Å². The lowest BCUT2D eigenvalue weighted by atomic mass is 10.0. The topological polar surface area (TPSA) is 87.3 Å². The molecule has 1 aromatic heterocycles. The molecule has 3 aromatic rings. The molecule has 0 aliphatic carbocycles. The maximum Gasteiger partial charge on any atom is 0.272 e. The van der Waals surface area contributed by atoms with Gasteiger partial charge >= 0.3 is 0 Å². The minimum atomic E-state index is -0.544. The number of nitrogens with one attached hydrogen (secondary N) is 2. The molecule has 4 rings (SSSR count). The number of hydrogen-bond acceptors (Lipinski definition) is 5. The number of benzene rings is 2. The van der Waals surface area contributed by atoms with E-state index in [0.717, 1.165) is 10.9 Å². The van der Waals surface area contributed by atoms with Crippen molar-refractivity contribution in [1.82, 2.24) is 20.4 Å². The summed E-state index contributed by atoms with van der Waals surface area (Å²) in [6, 6.07) is 12.1. The molecule has 2 aromatic carbocycles. The van der Waals surface area contributed by atoms with Crippen LogP contribution in [0.1, 0.15) is 28.5 Å². The predicted octanol–water partition coefficient (Wildman–Crippen LogP) is 2.10. The molecule has 1 amide bonds. The summed E-state index contributed by atoms with van der Waals surface area (Å²) in [5.74, 6) is -0.867. The number of rotatable bonds is 7. The Morgan fingerprint density at radius 3 is 2.77 bits per heavy atom. The number of H-pyrrole nitrogens is 1. The van der Waals surface area contributed by atoms with Gasteiger partial charge in [0.25, 0.3) is 11.5 Å². The lowest BCUT2D eigenvalue weighted by Gasteiger charge is -2.41. The monoisotopic (exact) mass is 424 g/mol. The van der Waals surface area contributed by atoms with E-state index < -0.39 is 5.82 Å². The molecule has 0 spiro atoms. The Balaban J connectivity index is 1.49. The highest BCUT2D eigenvalue weighted by atomic mass is 19.1. The van der Waals surface area contributed by atoms with E-state index in [1.54, 1.807) is 36.3 Å². The van der Waals surface area contributed by atoms with Gasteiger partial charge in [0.2, 0.25) is 0 Å². The van der Waals surface area contributed by atoms with Crippen molar-refractivity contribution in [2.45, 2.75) is 25.4 Å². The van der Waals surface area contributed by atoms with Crippen LogP contribution in [-0.4, -0.2) is 59.9 Å². The van der Waals surface area contributed by atoms with Crippen molar-refractivity contribution in [3.8, 4) is 0 Å². The van der Waals surface area contributed by atoms with Crippen LogP contribution >= 0.6 is 0 Å². The van der Waals surface area contributed by atoms with Crippen molar-refractivity contribution in [2.24, 2.45) is 0 Å². The summed E-state index contributed by atoms with van der Waals surface area (Å²) in [7, 11) is 1.65. The van der Waals surface area contributed by atoms with Crippen LogP contribution < -0.4 is 10.9 Å². The third-order valence-electron chi connectivity index (χ3n) is 5.51. The molecule has 1 aliphatic heterocycles. The largest absolute Gasteiger partial charge is 0.383 e. The fourth-order valence-electron chi connectivity index (χ4n) is 3.97. The van der Waals surface area contributed by atoms with Gasteiger partial charge in [0.1, 0.15) is 5.82 Å². The fourth-order valence-corrected chi connectivity index (χ4v) is 3.97. The highest BCUT2D eigenvalue weighted by molar-refractivity contribution is 5.95. The van der Waals surface area contributed by atoms with Crippen molar-refractivity contribution < 1.29 is 13.9 Å². The number of carbonyl (C=O) groups excluding carboxylic acids is 1. The molecule has 31 heavy (non-hydrogen) atoms. The van der Waals surface area contributed by atoms with Crippen LogP contribution in [-0.2, 0) is 11.2 Å². The zero-order chi connectivity index (χ0) is 22.0. The number of hydrogen-bond donors (Lipinski definition) is 2. The summed E-state index contributed by atoms with van der Waals surface area (Å²) >= 11 is 0. The molecule has 7 nitrogen and oxygen atoms in total. The molecule has 0 bridgehead atoms. The van der Waals surface area contributed by atoms with Gasteiger partial charge in [-0.3, -0.25) is 9.59 Å². The average molecular weight is 424 g/mol. The smallest absolute Gasteiger partial charge is 0.272 e. The van der Waals surface area contributed by atoms with Crippen molar-refractivity contribution in [2.75, 3.05) is 26.8 Å². The van der Waals surface area contributed by atoms with E-state index in [2.05, 4.69) is 15.5 Å². The molecule has 1 saturated heterocycles. The molecular formula is C23H25FN4O3. The van der Waals surface area contributed by atoms with Crippen LogP contribution in [0.5, 0.6) is 0 Å². The molecular weight excluding hydrogens is 399 g/mol. The van der Waals surface area contributed by atoms with Gasteiger partial charge in [0.15, 0.2) is 0 Å². The summed E-state index contributed by atoms with van der Waals surface area (Å²) < 4.78 is 19.6. The third kappa shape index (κ3) is 4.50. The van der Waals surface area contributed by atoms with E-state index in [0.29, 0.717) is 37.2 Å². The fraction of sp³-hybridized carbons (Fsp3) is 0.348. The maximum atomic E-state index is 14.5. The van der Waals surface area contributed by atoms with Crippen LogP contribution in [0.25, 0.3) is 10.8 Å². The average Bonchev–Trinajstić information content (AvgIpc) is 2.73. The first-order valence-electron chi connectivity index (χ1n) is 10.2. The van der Waals surface area contributed by atoms with E-state index in [-0.39, 0.29) is 29.1 Å². The normalized spacial score (nSPS) is 15.1. The third-order valence-corrected chi connectivity index (χ3v) is 5.51. The standard InChI is InChI=1S/C23H25FN4O3/c1-14(13-31-2)25-16-11-28(12-16)23(30)19-9-15(7-8-20(19)24)10-21-17-5-3-4-6-18(17)22(29)27-26-21/h3-9,14,16,25H,10-13H2,1-2H3,(H,27,29)/t14-/m0/s1. The number of methoxy groups -OCH3 is 1. The van der Waals surface area contributed by atoms with Crippen molar-refractivity contribution in [3.05, 3.63) is 75.5 Å². The molecule has 1 aliphatic rings. The van der Waals surface area contributed by atoms with Gasteiger partial charge in [-0.05, 0) is 30.7 Å². The number of nitrogens with zero attached hydrogens (tertiary/aromatic N) is 2. The van der Waals surface area contributed by atoms with Gasteiger partial charge in [0.05, 0.1) is 23.3 Å². The molecule has 2 heterocycles. The molecule has 1 fully saturated rings. The molecule has 0 saturated carbocycles. The highest BCUT2D eigenvalue weighted by Crippen LogP contribution is 2.21. The molecule has 0 radical (unpaired) electrons. The number of aromatic amines is 1. The van der Waals surface area contributed by atoms with Crippen LogP contribution in [0.3, 0.4) is 0 Å². The Labute approximate surface area is 179 Å². The summed E-state index contributed by atoms with van der Waals surface area (Å²) in [6.07, 6.45) is 0.372. The molecule has 1 atom stereocenters. The van der Waals surface area contributed by atoms with Gasteiger partial charge in [-0.25, -0.2) is 9.49 Å². The zero-order valence-corrected chi connectivity index (χ0v) is 17.5. The first kappa shape index (κ1) is 21.1. The van der Waals surface area contributed by atoms with Crippen LogP contribution in [0, 0.1) is 5.82 Å². The number of likely N-dealkylation sites (tertiary alicyclic amines) is 1. The SMILES string of the molecule is COC[C@H](C)NC1CN(C(=O)c2cc(Cc3n[nH]c(=O)c4ccccc34)ccc2F)C1. The minimum absolute atomic E-state index is 0.0506. The summed E-state index contributed by atoms with van der Waals surface area (Å²) in [6.45, 7) is 3.67. The number of halogens is 1. The van der Waals surface area contributed by atoms with Crippen LogP contribution in [0.2, 0.25) is 0 Å². The number of aromatic nitrogens is 2. The number of carbonyl (C=O) groups is 1. The second-order valence-electron chi connectivity index (χ2n) is 7.97. The lowest BCUT2D eigenvalue weighted by Crippen LogP contribution is -2.61. The van der Waals surface area contributed by atoms with Crippen molar-refractivity contribution in [1.29, 1.82) is 0 Å². The Morgan fingerprint density at radius 1 is 1.29 bits per heavy atom. The summed E-state index contributed by atoms with van der Waals surface area (Å²) in [5, 5.41) is 11.3. The zero-order valence-electron chi connectivity index (χ0n) is 17.5. The van der Waals surface area contributed by atoms with Gasteiger partial charge in [-0.15, -0.1) is 0 Å². The molecule has 162 valence electrons. The Kier molecular flexibility index (Phi) is 6.11. The second kappa shape index (κ2) is 8.95. The molecule has 0 unspecified atom stereocenters. The highest BCUT2D eigenvalue weighted by Gasteiger charge is 2.33. The predicted molar refractivity (Wildman–Crippen MR) is 116 cm³/mol. The van der Waals surface area contributed by atoms with E-state index >= 15 is 0 Å². The molecule has 8 heteroatoms. The van der Waals surface area contributed by atoms with Gasteiger partial charge < -0.3 is 15.0 Å². The number of fused-ring (bicyclic) bond motifs is 1. The van der Waals surface area contributed by atoms with Gasteiger partial charge in [-0.2, -0.15) is 5.10 Å². The second-order valence-corrected chi connectivity index (χ2v) is 7.97. The lowest BCUT2D eigenvalue weighted by molar-refractivity contribution is 0.0527. The van der Waals surface area contributed by atoms with E-state index in [1.165, 1.54) is 6.07 Å². The Bertz CT molecular complexity index is 1160. The van der Waals surface area contributed by atoms with Crippen LogP contribution in [0.15, 0.2) is 47.3 Å². The number of amides is 1. The first-order chi connectivity index (χ1) is 15.0. The van der Waals surface area contributed by atoms with E-state index in [9.17, 15) is 14.0 Å². The Morgan fingerprint density at radius 2 is 2.03 bits per heavy atom. The minimum Gasteiger partial charge on any atom is -0.383 e. The maximum absolute atomic E-state index is 14.5. The Hall–Kier alpha value is -3.10. The first-order valence-corrected chi connectivity index (χ1v) is 10.2. The van der Waals surface area contributed by atoms with Crippen molar-refractivity contribution in [3.63, 3.8) is 0 Å². The van der Waals surface area contributed by atoms with E-state index in [1.807, 2.05) is 19.1 Å². The molecule has 2 N–H and O–H groups in total. The summed E-state index contributed by atoms with van der Waals surface area (Å²) in [5.41, 5.74) is 1.21. The number of ether oxygens (including phenoxy) is 1. The summed E-state index contributed by atoms with van der Waals surface area (Å²) in [4.78, 5) is 26.5.